The molecule has 1 aliphatic carbocycles. The number of nitrogens with zero attached hydrogens (tertiary/aromatic N) is 1. The quantitative estimate of drug-likeness (QED) is 0.204. The summed E-state index contributed by atoms with van der Waals surface area (Å²) in [5, 5.41) is 9.55. The van der Waals surface area contributed by atoms with E-state index in [0.29, 0.717) is 11.7 Å². The van der Waals surface area contributed by atoms with Crippen molar-refractivity contribution < 1.29 is 27.5 Å². The van der Waals surface area contributed by atoms with Gasteiger partial charge in [-0.25, -0.2) is 27.3 Å². The Bertz CT molecular complexity index is 1460. The number of carboxylic acids is 1. The van der Waals surface area contributed by atoms with Crippen molar-refractivity contribution in [1.82, 2.24) is 9.97 Å². The molecule has 1 heterocycles. The minimum Gasteiger partial charge on any atom is -0.478 e. The van der Waals surface area contributed by atoms with E-state index in [0.717, 1.165) is 24.5 Å². The Hall–Kier alpha value is -3.68. The number of halogens is 4. The fraction of sp³-hybridized carbons (Fsp3) is 0.310. The molecule has 8 heteroatoms. The average Bonchev–Trinajstić information content (AvgIpc) is 3.27. The molecule has 3 aromatic carbocycles. The number of rotatable bonds is 6. The van der Waals surface area contributed by atoms with Gasteiger partial charge < -0.3 is 10.1 Å². The van der Waals surface area contributed by atoms with Gasteiger partial charge in [0.2, 0.25) is 0 Å². The molecular formula is C29H26F4N2O2. The fourth-order valence-corrected chi connectivity index (χ4v) is 5.37. The predicted octanol–water partition coefficient (Wildman–Crippen LogP) is 7.97. The Morgan fingerprint density at radius 3 is 2.11 bits per heavy atom. The zero-order chi connectivity index (χ0) is 26.3. The Kier molecular flexibility index (Phi) is 6.75. The first-order chi connectivity index (χ1) is 17.7. The molecule has 192 valence electrons. The number of aromatic carboxylic acids is 1. The lowest BCUT2D eigenvalue weighted by atomic mass is 9.85. The van der Waals surface area contributed by atoms with Gasteiger partial charge in [0.1, 0.15) is 11.3 Å². The van der Waals surface area contributed by atoms with Crippen LogP contribution >= 0.6 is 0 Å². The van der Waals surface area contributed by atoms with E-state index in [-0.39, 0.29) is 27.7 Å². The monoisotopic (exact) mass is 510 g/mol. The summed E-state index contributed by atoms with van der Waals surface area (Å²) < 4.78 is 61.0. The molecule has 0 atom stereocenters. The Balaban J connectivity index is 1.51. The molecule has 4 nitrogen and oxygen atoms in total. The SMILES string of the molecule is Cc1nc2c(C(=O)O)cc(-c3c(F)c(F)c(-c4ccc(CCC5CCCCC5)cc4)c(F)c3F)cc2[nH]1. The van der Waals surface area contributed by atoms with Gasteiger partial charge in [-0.15, -0.1) is 0 Å². The van der Waals surface area contributed by atoms with Crippen LogP contribution in [0.15, 0.2) is 36.4 Å². The highest BCUT2D eigenvalue weighted by Crippen LogP contribution is 2.38. The summed E-state index contributed by atoms with van der Waals surface area (Å²) in [6.07, 6.45) is 8.11. The summed E-state index contributed by atoms with van der Waals surface area (Å²) in [6, 6.07) is 8.59. The molecule has 0 aliphatic heterocycles. The molecule has 1 fully saturated rings. The van der Waals surface area contributed by atoms with Gasteiger partial charge >= 0.3 is 5.97 Å². The fourth-order valence-electron chi connectivity index (χ4n) is 5.37. The molecule has 0 amide bonds. The molecule has 2 N–H and O–H groups in total. The summed E-state index contributed by atoms with van der Waals surface area (Å²) in [6.45, 7) is 1.59. The predicted molar refractivity (Wildman–Crippen MR) is 133 cm³/mol. The van der Waals surface area contributed by atoms with E-state index in [1.165, 1.54) is 50.3 Å². The van der Waals surface area contributed by atoms with Gasteiger partial charge in [-0.2, -0.15) is 0 Å². The lowest BCUT2D eigenvalue weighted by molar-refractivity contribution is 0.0699. The smallest absolute Gasteiger partial charge is 0.337 e. The van der Waals surface area contributed by atoms with Gasteiger partial charge in [-0.3, -0.25) is 0 Å². The second-order valence-electron chi connectivity index (χ2n) is 9.79. The third-order valence-corrected chi connectivity index (χ3v) is 7.30. The van der Waals surface area contributed by atoms with Crippen LogP contribution in [0.4, 0.5) is 17.6 Å². The summed E-state index contributed by atoms with van der Waals surface area (Å²) in [4.78, 5) is 18.6. The van der Waals surface area contributed by atoms with Crippen molar-refractivity contribution in [2.75, 3.05) is 0 Å². The molecule has 4 aromatic rings. The van der Waals surface area contributed by atoms with Crippen molar-refractivity contribution >= 4 is 17.0 Å². The second-order valence-corrected chi connectivity index (χ2v) is 9.79. The number of benzene rings is 3. The van der Waals surface area contributed by atoms with E-state index < -0.39 is 40.4 Å². The van der Waals surface area contributed by atoms with Crippen molar-refractivity contribution in [3.8, 4) is 22.3 Å². The van der Waals surface area contributed by atoms with Crippen LogP contribution in [0.5, 0.6) is 0 Å². The standard InChI is InChI=1S/C29H26F4N2O2/c1-15-34-21-14-19(13-20(29(36)37)28(21)35-15)23-26(32)24(30)22(25(31)27(23)33)18-11-9-17(10-12-18)8-7-16-5-3-2-4-6-16/h9-14,16H,2-8H2,1H3,(H,34,35)(H,36,37). The van der Waals surface area contributed by atoms with E-state index in [2.05, 4.69) is 9.97 Å². The number of H-pyrrole nitrogens is 1. The normalized spacial score (nSPS) is 14.4. The zero-order valence-corrected chi connectivity index (χ0v) is 20.3. The highest BCUT2D eigenvalue weighted by Gasteiger charge is 2.28. The molecule has 1 aliphatic rings. The highest BCUT2D eigenvalue weighted by molar-refractivity contribution is 6.03. The lowest BCUT2D eigenvalue weighted by Gasteiger charge is -2.21. The van der Waals surface area contributed by atoms with Crippen LogP contribution < -0.4 is 0 Å². The number of carbonyl (C=O) groups is 1. The van der Waals surface area contributed by atoms with Crippen molar-refractivity contribution in [3.63, 3.8) is 0 Å². The van der Waals surface area contributed by atoms with E-state index in [1.807, 2.05) is 0 Å². The zero-order valence-electron chi connectivity index (χ0n) is 20.3. The third kappa shape index (κ3) is 4.72. The van der Waals surface area contributed by atoms with Gasteiger partial charge in [0, 0.05) is 0 Å². The molecule has 1 aromatic heterocycles. The largest absolute Gasteiger partial charge is 0.478 e. The molecule has 1 saturated carbocycles. The summed E-state index contributed by atoms with van der Waals surface area (Å²) in [5.74, 6) is -6.59. The van der Waals surface area contributed by atoms with Crippen molar-refractivity contribution in [3.05, 3.63) is 76.6 Å². The number of aromatic nitrogens is 2. The molecule has 0 radical (unpaired) electrons. The summed E-state index contributed by atoms with van der Waals surface area (Å²) in [5.41, 5.74) is -1.15. The molecule has 0 spiro atoms. The van der Waals surface area contributed by atoms with Crippen LogP contribution in [0.2, 0.25) is 0 Å². The highest BCUT2D eigenvalue weighted by atomic mass is 19.2. The van der Waals surface area contributed by atoms with Gasteiger partial charge in [-0.1, -0.05) is 56.4 Å². The van der Waals surface area contributed by atoms with Crippen LogP contribution in [0.1, 0.15) is 60.3 Å². The second kappa shape index (κ2) is 10.00. The van der Waals surface area contributed by atoms with Crippen molar-refractivity contribution in [1.29, 1.82) is 0 Å². The van der Waals surface area contributed by atoms with E-state index in [4.69, 9.17) is 0 Å². The Morgan fingerprint density at radius 1 is 0.919 bits per heavy atom. The number of aromatic amines is 1. The number of fused-ring (bicyclic) bond motifs is 1. The Labute approximate surface area is 211 Å². The average molecular weight is 511 g/mol. The van der Waals surface area contributed by atoms with Crippen LogP contribution in [-0.4, -0.2) is 21.0 Å². The maximum absolute atomic E-state index is 15.3. The lowest BCUT2D eigenvalue weighted by Crippen LogP contribution is -2.07. The summed E-state index contributed by atoms with van der Waals surface area (Å²) >= 11 is 0. The van der Waals surface area contributed by atoms with Crippen LogP contribution in [-0.2, 0) is 6.42 Å². The van der Waals surface area contributed by atoms with Crippen LogP contribution in [0, 0.1) is 36.1 Å². The third-order valence-electron chi connectivity index (χ3n) is 7.30. The van der Waals surface area contributed by atoms with E-state index in [9.17, 15) is 9.90 Å². The topological polar surface area (TPSA) is 66.0 Å². The van der Waals surface area contributed by atoms with Crippen molar-refractivity contribution in [2.45, 2.75) is 51.9 Å². The van der Waals surface area contributed by atoms with Crippen LogP contribution in [0.25, 0.3) is 33.3 Å². The molecule has 37 heavy (non-hydrogen) atoms. The van der Waals surface area contributed by atoms with Gasteiger partial charge in [-0.05, 0) is 54.5 Å². The number of hydrogen-bond donors (Lipinski definition) is 2. The maximum atomic E-state index is 15.3. The van der Waals surface area contributed by atoms with Gasteiger partial charge in [0.05, 0.1) is 22.2 Å². The first kappa shape index (κ1) is 25.0. The molecule has 0 bridgehead atoms. The first-order valence-electron chi connectivity index (χ1n) is 12.4. The first-order valence-corrected chi connectivity index (χ1v) is 12.4. The van der Waals surface area contributed by atoms with E-state index in [1.54, 1.807) is 19.1 Å². The minimum atomic E-state index is -1.60. The van der Waals surface area contributed by atoms with E-state index >= 15 is 17.6 Å². The molecular weight excluding hydrogens is 484 g/mol. The maximum Gasteiger partial charge on any atom is 0.337 e. The molecule has 5 rings (SSSR count). The number of hydrogen-bond acceptors (Lipinski definition) is 2. The number of imidazole rings is 1. The summed E-state index contributed by atoms with van der Waals surface area (Å²) in [7, 11) is 0. The Morgan fingerprint density at radius 2 is 1.51 bits per heavy atom. The van der Waals surface area contributed by atoms with Gasteiger partial charge in [0.15, 0.2) is 23.3 Å². The molecule has 0 saturated heterocycles. The van der Waals surface area contributed by atoms with Crippen molar-refractivity contribution in [2.24, 2.45) is 5.92 Å². The number of carboxylic acid groups (broad SMARTS) is 1. The molecule has 0 unspecified atom stereocenters. The van der Waals surface area contributed by atoms with Gasteiger partial charge in [0.25, 0.3) is 0 Å². The number of aryl methyl sites for hydroxylation is 2. The minimum absolute atomic E-state index is 0.0200. The number of nitrogens with one attached hydrogen (secondary N) is 1. The van der Waals surface area contributed by atoms with Crippen LogP contribution in [0.3, 0.4) is 0 Å².